The molecule has 3 aromatic heterocycles. The summed E-state index contributed by atoms with van der Waals surface area (Å²) in [4.78, 5) is 17.7. The Morgan fingerprint density at radius 3 is 2.95 bits per heavy atom. The van der Waals surface area contributed by atoms with E-state index < -0.39 is 0 Å². The Morgan fingerprint density at radius 2 is 2.24 bits per heavy atom. The van der Waals surface area contributed by atoms with Crippen molar-refractivity contribution in [2.24, 2.45) is 7.05 Å². The van der Waals surface area contributed by atoms with E-state index in [4.69, 9.17) is 0 Å². The molecule has 3 heterocycles. The van der Waals surface area contributed by atoms with Crippen LogP contribution in [0.1, 0.15) is 16.1 Å². The van der Waals surface area contributed by atoms with E-state index in [9.17, 15) is 4.79 Å². The van der Waals surface area contributed by atoms with E-state index >= 15 is 0 Å². The van der Waals surface area contributed by atoms with Crippen LogP contribution in [0.15, 0.2) is 23.6 Å². The zero-order chi connectivity index (χ0) is 15.0. The third-order valence-electron chi connectivity index (χ3n) is 3.29. The molecule has 0 saturated carbocycles. The van der Waals surface area contributed by atoms with Gasteiger partial charge in [-0.15, -0.1) is 11.3 Å². The molecule has 108 valence electrons. The number of hydrogen-bond acceptors (Lipinski definition) is 4. The minimum absolute atomic E-state index is 0.0579. The molecule has 0 bridgehead atoms. The topological polar surface area (TPSA) is 59.8 Å². The van der Waals surface area contributed by atoms with Gasteiger partial charge in [0.05, 0.1) is 11.8 Å². The number of aromatic nitrogens is 3. The Balaban J connectivity index is 1.92. The van der Waals surface area contributed by atoms with Crippen LogP contribution < -0.4 is 5.32 Å². The van der Waals surface area contributed by atoms with Crippen molar-refractivity contribution in [3.8, 4) is 0 Å². The number of carbonyl (C=O) groups excluding carboxylic acids is 1. The van der Waals surface area contributed by atoms with Gasteiger partial charge in [-0.3, -0.25) is 4.79 Å². The predicted molar refractivity (Wildman–Crippen MR) is 84.6 cm³/mol. The lowest BCUT2D eigenvalue weighted by Gasteiger charge is -2.03. The monoisotopic (exact) mass is 300 g/mol. The molecule has 0 radical (unpaired) electrons. The quantitative estimate of drug-likeness (QED) is 0.809. The molecule has 0 aromatic carbocycles. The molecule has 0 unspecified atom stereocenters. The van der Waals surface area contributed by atoms with Crippen LogP contribution in [0.5, 0.6) is 0 Å². The van der Waals surface area contributed by atoms with Gasteiger partial charge in [0.2, 0.25) is 5.91 Å². The summed E-state index contributed by atoms with van der Waals surface area (Å²) in [5, 5.41) is 10.2. The van der Waals surface area contributed by atoms with Crippen molar-refractivity contribution in [1.29, 1.82) is 0 Å². The second kappa shape index (κ2) is 5.29. The summed E-state index contributed by atoms with van der Waals surface area (Å²) in [5.74, 6) is 0.525. The Labute approximate surface area is 126 Å². The molecule has 6 heteroatoms. The second-order valence-corrected chi connectivity index (χ2v) is 6.09. The lowest BCUT2D eigenvalue weighted by atomic mass is 10.2. The van der Waals surface area contributed by atoms with Gasteiger partial charge in [0.25, 0.3) is 0 Å². The number of aryl methyl sites for hydroxylation is 3. The Hall–Kier alpha value is -2.21. The molecule has 0 aliphatic rings. The fourth-order valence-electron chi connectivity index (χ4n) is 2.43. The van der Waals surface area contributed by atoms with E-state index in [1.807, 2.05) is 44.5 Å². The van der Waals surface area contributed by atoms with Crippen LogP contribution in [0, 0.1) is 13.8 Å². The predicted octanol–water partition coefficient (Wildman–Crippen LogP) is 2.83. The van der Waals surface area contributed by atoms with Crippen molar-refractivity contribution in [2.45, 2.75) is 20.3 Å². The average Bonchev–Trinajstić information content (AvgIpc) is 2.99. The molecule has 1 amide bonds. The molecule has 21 heavy (non-hydrogen) atoms. The van der Waals surface area contributed by atoms with Gasteiger partial charge in [-0.1, -0.05) is 6.07 Å². The summed E-state index contributed by atoms with van der Waals surface area (Å²) >= 11 is 1.58. The molecule has 0 fully saturated rings. The zero-order valence-corrected chi connectivity index (χ0v) is 13.0. The molecule has 0 saturated heterocycles. The maximum absolute atomic E-state index is 12.1. The molecule has 1 N–H and O–H groups in total. The first-order valence-electron chi connectivity index (χ1n) is 6.68. The van der Waals surface area contributed by atoms with E-state index in [2.05, 4.69) is 15.4 Å². The molecule has 0 aliphatic heterocycles. The van der Waals surface area contributed by atoms with Crippen molar-refractivity contribution < 1.29 is 4.79 Å². The highest BCUT2D eigenvalue weighted by Gasteiger charge is 2.15. The largest absolute Gasteiger partial charge is 0.308 e. The molecule has 0 aliphatic carbocycles. The van der Waals surface area contributed by atoms with Crippen LogP contribution in [0.3, 0.4) is 0 Å². The van der Waals surface area contributed by atoms with E-state index in [0.29, 0.717) is 12.2 Å². The highest BCUT2D eigenvalue weighted by molar-refractivity contribution is 7.10. The normalized spacial score (nSPS) is 11.0. The fraction of sp³-hybridized carbons (Fsp3) is 0.267. The van der Waals surface area contributed by atoms with E-state index in [1.165, 1.54) is 0 Å². The molecule has 5 nitrogen and oxygen atoms in total. The van der Waals surface area contributed by atoms with Gasteiger partial charge in [-0.05, 0) is 36.9 Å². The van der Waals surface area contributed by atoms with Gasteiger partial charge in [-0.25, -0.2) is 9.67 Å². The highest BCUT2D eigenvalue weighted by Crippen LogP contribution is 2.25. The van der Waals surface area contributed by atoms with Crippen molar-refractivity contribution >= 4 is 34.1 Å². The lowest BCUT2D eigenvalue weighted by molar-refractivity contribution is -0.115. The van der Waals surface area contributed by atoms with Crippen LogP contribution in [0.25, 0.3) is 11.0 Å². The zero-order valence-electron chi connectivity index (χ0n) is 12.2. The first kappa shape index (κ1) is 13.8. The number of hydrogen-bond donors (Lipinski definition) is 1. The van der Waals surface area contributed by atoms with Crippen molar-refractivity contribution in [3.63, 3.8) is 0 Å². The number of nitrogens with zero attached hydrogens (tertiary/aromatic N) is 3. The minimum atomic E-state index is -0.0579. The van der Waals surface area contributed by atoms with E-state index in [0.717, 1.165) is 27.2 Å². The number of carbonyl (C=O) groups is 1. The van der Waals surface area contributed by atoms with Gasteiger partial charge in [0, 0.05) is 17.6 Å². The molecule has 3 aromatic rings. The van der Waals surface area contributed by atoms with Crippen molar-refractivity contribution in [3.05, 3.63) is 39.7 Å². The maximum Gasteiger partial charge on any atom is 0.230 e. The summed E-state index contributed by atoms with van der Waals surface area (Å²) in [6, 6.07) is 5.90. The van der Waals surface area contributed by atoms with Gasteiger partial charge in [0.15, 0.2) is 11.5 Å². The maximum atomic E-state index is 12.1. The number of anilines is 1. The third-order valence-corrected chi connectivity index (χ3v) is 4.17. The summed E-state index contributed by atoms with van der Waals surface area (Å²) < 4.78 is 1.70. The summed E-state index contributed by atoms with van der Waals surface area (Å²) in [5.41, 5.74) is 2.80. The van der Waals surface area contributed by atoms with Crippen molar-refractivity contribution in [1.82, 2.24) is 14.8 Å². The van der Waals surface area contributed by atoms with Gasteiger partial charge in [0.1, 0.15) is 0 Å². The summed E-state index contributed by atoms with van der Waals surface area (Å²) in [6.07, 6.45) is 0.369. The number of thiophene rings is 1. The second-order valence-electron chi connectivity index (χ2n) is 5.06. The molecule has 0 atom stereocenters. The lowest BCUT2D eigenvalue weighted by Crippen LogP contribution is -2.14. The number of pyridine rings is 1. The standard InChI is InChI=1S/C15H16N4OS/c1-9-7-10(2)16-15-13(9)14(18-19(15)3)17-12(20)8-11-5-4-6-21-11/h4-7H,8H2,1-3H3,(H,17,18,20). The number of rotatable bonds is 3. The first-order valence-corrected chi connectivity index (χ1v) is 7.56. The van der Waals surface area contributed by atoms with Crippen LogP contribution in [0.2, 0.25) is 0 Å². The Bertz CT molecular complexity index is 805. The van der Waals surface area contributed by atoms with Crippen LogP contribution >= 0.6 is 11.3 Å². The van der Waals surface area contributed by atoms with Gasteiger partial charge in [-0.2, -0.15) is 5.10 Å². The number of amides is 1. The summed E-state index contributed by atoms with van der Waals surface area (Å²) in [6.45, 7) is 3.96. The third kappa shape index (κ3) is 2.67. The Kier molecular flexibility index (Phi) is 3.47. The SMILES string of the molecule is Cc1cc(C)c2c(NC(=O)Cc3cccs3)nn(C)c2n1. The molecule has 0 spiro atoms. The van der Waals surface area contributed by atoms with Crippen LogP contribution in [-0.2, 0) is 18.3 Å². The first-order chi connectivity index (χ1) is 10.0. The summed E-state index contributed by atoms with van der Waals surface area (Å²) in [7, 11) is 1.84. The van der Waals surface area contributed by atoms with Crippen LogP contribution in [0.4, 0.5) is 5.82 Å². The van der Waals surface area contributed by atoms with E-state index in [-0.39, 0.29) is 5.91 Å². The minimum Gasteiger partial charge on any atom is -0.308 e. The van der Waals surface area contributed by atoms with Gasteiger partial charge >= 0.3 is 0 Å². The van der Waals surface area contributed by atoms with E-state index in [1.54, 1.807) is 16.0 Å². The fourth-order valence-corrected chi connectivity index (χ4v) is 3.13. The average molecular weight is 300 g/mol. The number of fused-ring (bicyclic) bond motifs is 1. The molecule has 3 rings (SSSR count). The van der Waals surface area contributed by atoms with Crippen molar-refractivity contribution in [2.75, 3.05) is 5.32 Å². The smallest absolute Gasteiger partial charge is 0.230 e. The van der Waals surface area contributed by atoms with Crippen LogP contribution in [-0.4, -0.2) is 20.7 Å². The number of nitrogens with one attached hydrogen (secondary N) is 1. The van der Waals surface area contributed by atoms with Gasteiger partial charge < -0.3 is 5.32 Å². The molecular weight excluding hydrogens is 284 g/mol. The highest BCUT2D eigenvalue weighted by atomic mass is 32.1. The Morgan fingerprint density at radius 1 is 1.43 bits per heavy atom. The molecular formula is C15H16N4OS.